The predicted octanol–water partition coefficient (Wildman–Crippen LogP) is 3.27. The van der Waals surface area contributed by atoms with Crippen LogP contribution in [-0.4, -0.2) is 32.5 Å². The highest BCUT2D eigenvalue weighted by atomic mass is 32.2. The molecule has 146 valence electrons. The maximum atomic E-state index is 12.6. The second kappa shape index (κ2) is 7.12. The lowest BCUT2D eigenvalue weighted by atomic mass is 10.1. The minimum atomic E-state index is -4.43. The molecule has 5 nitrogen and oxygen atoms in total. The van der Waals surface area contributed by atoms with Crippen molar-refractivity contribution in [2.45, 2.75) is 37.4 Å². The number of nitrogens with one attached hydrogen (secondary N) is 1. The molecular formula is C18H20F3N3O2S. The average Bonchev–Trinajstić information content (AvgIpc) is 3.04. The van der Waals surface area contributed by atoms with Crippen molar-refractivity contribution in [3.05, 3.63) is 53.2 Å². The molecule has 0 aliphatic carbocycles. The number of aryl methyl sites for hydroxylation is 2. The van der Waals surface area contributed by atoms with Crippen molar-refractivity contribution >= 4 is 15.8 Å². The summed E-state index contributed by atoms with van der Waals surface area (Å²) in [5, 5.41) is 0. The second-order valence-corrected chi connectivity index (χ2v) is 8.42. The first kappa shape index (κ1) is 19.6. The fourth-order valence-corrected chi connectivity index (χ4v) is 4.32. The van der Waals surface area contributed by atoms with Gasteiger partial charge in [0.15, 0.2) is 0 Å². The lowest BCUT2D eigenvalue weighted by molar-refractivity contribution is -0.137. The summed E-state index contributed by atoms with van der Waals surface area (Å²) in [6, 6.07) is 6.91. The van der Waals surface area contributed by atoms with Gasteiger partial charge in [-0.25, -0.2) is 18.1 Å². The zero-order valence-corrected chi connectivity index (χ0v) is 15.7. The molecule has 1 aromatic carbocycles. The fourth-order valence-electron chi connectivity index (χ4n) is 2.97. The Labute approximate surface area is 156 Å². The summed E-state index contributed by atoms with van der Waals surface area (Å²) >= 11 is 0. The zero-order chi connectivity index (χ0) is 19.8. The summed E-state index contributed by atoms with van der Waals surface area (Å²) in [5.41, 5.74) is 1.09. The maximum absolute atomic E-state index is 12.6. The van der Waals surface area contributed by atoms with Gasteiger partial charge in [-0.15, -0.1) is 0 Å². The van der Waals surface area contributed by atoms with Crippen LogP contribution < -0.4 is 9.62 Å². The number of sulfonamides is 1. The van der Waals surface area contributed by atoms with E-state index >= 15 is 0 Å². The summed E-state index contributed by atoms with van der Waals surface area (Å²) in [6.07, 6.45) is -3.09. The molecule has 1 aliphatic rings. The summed E-state index contributed by atoms with van der Waals surface area (Å²) in [6.45, 7) is 4.62. The third-order valence-corrected chi connectivity index (χ3v) is 6.22. The van der Waals surface area contributed by atoms with E-state index in [4.69, 9.17) is 0 Å². The Balaban J connectivity index is 1.68. The molecular weight excluding hydrogens is 379 g/mol. The predicted molar refractivity (Wildman–Crippen MR) is 96.1 cm³/mol. The number of benzene rings is 1. The van der Waals surface area contributed by atoms with Crippen LogP contribution >= 0.6 is 0 Å². The second-order valence-electron chi connectivity index (χ2n) is 6.70. The van der Waals surface area contributed by atoms with Crippen LogP contribution in [0.2, 0.25) is 0 Å². The minimum Gasteiger partial charge on any atom is -0.355 e. The third kappa shape index (κ3) is 4.41. The Morgan fingerprint density at radius 3 is 2.48 bits per heavy atom. The topological polar surface area (TPSA) is 62.3 Å². The van der Waals surface area contributed by atoms with Crippen LogP contribution in [0.15, 0.2) is 41.4 Å². The molecule has 2 heterocycles. The van der Waals surface area contributed by atoms with Gasteiger partial charge in [-0.3, -0.25) is 0 Å². The van der Waals surface area contributed by atoms with Crippen LogP contribution in [0.3, 0.4) is 0 Å². The lowest BCUT2D eigenvalue weighted by Crippen LogP contribution is -2.37. The van der Waals surface area contributed by atoms with Crippen molar-refractivity contribution in [2.75, 3.05) is 18.0 Å². The van der Waals surface area contributed by atoms with Gasteiger partial charge in [0.25, 0.3) is 0 Å². The van der Waals surface area contributed by atoms with Gasteiger partial charge >= 0.3 is 6.18 Å². The van der Waals surface area contributed by atoms with Gasteiger partial charge in [0, 0.05) is 25.3 Å². The van der Waals surface area contributed by atoms with Crippen molar-refractivity contribution in [3.8, 4) is 0 Å². The molecule has 3 rings (SSSR count). The minimum absolute atomic E-state index is 0.205. The molecule has 0 spiro atoms. The van der Waals surface area contributed by atoms with Crippen molar-refractivity contribution in [2.24, 2.45) is 0 Å². The zero-order valence-electron chi connectivity index (χ0n) is 14.9. The SMILES string of the molecule is Cc1ccc(S(=O)(=O)NC2CCN(c3ccc(C(F)(F)F)cn3)C2)cc1C. The van der Waals surface area contributed by atoms with Crippen LogP contribution in [0.5, 0.6) is 0 Å². The number of aromatic nitrogens is 1. The first-order valence-corrected chi connectivity index (χ1v) is 9.92. The highest BCUT2D eigenvalue weighted by Crippen LogP contribution is 2.30. The van der Waals surface area contributed by atoms with Crippen molar-refractivity contribution in [3.63, 3.8) is 0 Å². The van der Waals surface area contributed by atoms with E-state index in [2.05, 4.69) is 9.71 Å². The normalized spacial score (nSPS) is 18.1. The standard InChI is InChI=1S/C18H20F3N3O2S/c1-12-3-5-16(9-13(12)2)27(25,26)23-15-7-8-24(11-15)17-6-4-14(10-22-17)18(19,20)21/h3-6,9-10,15,23H,7-8,11H2,1-2H3. The Hall–Kier alpha value is -2.13. The van der Waals surface area contributed by atoms with Crippen molar-refractivity contribution in [1.29, 1.82) is 0 Å². The number of pyridine rings is 1. The first-order valence-electron chi connectivity index (χ1n) is 8.44. The highest BCUT2D eigenvalue weighted by Gasteiger charge is 2.32. The summed E-state index contributed by atoms with van der Waals surface area (Å²) in [7, 11) is -3.66. The Kier molecular flexibility index (Phi) is 5.18. The monoisotopic (exact) mass is 399 g/mol. The van der Waals surface area contributed by atoms with Crippen LogP contribution in [0.25, 0.3) is 0 Å². The quantitative estimate of drug-likeness (QED) is 0.857. The Morgan fingerprint density at radius 2 is 1.89 bits per heavy atom. The van der Waals surface area contributed by atoms with Crippen LogP contribution in [0.4, 0.5) is 19.0 Å². The summed E-state index contributed by atoms with van der Waals surface area (Å²) in [5.74, 6) is 0.399. The molecule has 2 aromatic rings. The molecule has 1 N–H and O–H groups in total. The molecule has 0 bridgehead atoms. The number of hydrogen-bond donors (Lipinski definition) is 1. The highest BCUT2D eigenvalue weighted by molar-refractivity contribution is 7.89. The van der Waals surface area contributed by atoms with Gasteiger partial charge in [-0.05, 0) is 55.7 Å². The molecule has 0 radical (unpaired) electrons. The van der Waals surface area contributed by atoms with Gasteiger partial charge in [0.2, 0.25) is 10.0 Å². The molecule has 0 saturated carbocycles. The molecule has 1 saturated heterocycles. The van der Waals surface area contributed by atoms with E-state index < -0.39 is 21.8 Å². The van der Waals surface area contributed by atoms with E-state index in [1.54, 1.807) is 23.1 Å². The number of nitrogens with zero attached hydrogens (tertiary/aromatic N) is 2. The average molecular weight is 399 g/mol. The van der Waals surface area contributed by atoms with Gasteiger partial charge in [0.05, 0.1) is 10.5 Å². The largest absolute Gasteiger partial charge is 0.417 e. The molecule has 27 heavy (non-hydrogen) atoms. The number of hydrogen-bond acceptors (Lipinski definition) is 4. The number of anilines is 1. The van der Waals surface area contributed by atoms with Gasteiger partial charge in [-0.2, -0.15) is 13.2 Å². The number of halogens is 3. The summed E-state index contributed by atoms with van der Waals surface area (Å²) < 4.78 is 65.7. The smallest absolute Gasteiger partial charge is 0.355 e. The van der Waals surface area contributed by atoms with E-state index in [0.717, 1.165) is 23.4 Å². The van der Waals surface area contributed by atoms with Gasteiger partial charge in [-0.1, -0.05) is 6.07 Å². The van der Waals surface area contributed by atoms with Crippen LogP contribution in [0.1, 0.15) is 23.1 Å². The molecule has 1 unspecified atom stereocenters. The van der Waals surface area contributed by atoms with E-state index in [1.807, 2.05) is 13.8 Å². The van der Waals surface area contributed by atoms with Crippen LogP contribution in [0, 0.1) is 13.8 Å². The van der Waals surface area contributed by atoms with E-state index in [0.29, 0.717) is 25.3 Å². The first-order chi connectivity index (χ1) is 12.6. The van der Waals surface area contributed by atoms with Gasteiger partial charge < -0.3 is 4.90 Å². The molecule has 1 aliphatic heterocycles. The van der Waals surface area contributed by atoms with E-state index in [9.17, 15) is 21.6 Å². The summed E-state index contributed by atoms with van der Waals surface area (Å²) in [4.78, 5) is 5.84. The lowest BCUT2D eigenvalue weighted by Gasteiger charge is -2.18. The van der Waals surface area contributed by atoms with Gasteiger partial charge in [0.1, 0.15) is 5.82 Å². The molecule has 0 amide bonds. The van der Waals surface area contributed by atoms with Crippen molar-refractivity contribution in [1.82, 2.24) is 9.71 Å². The van der Waals surface area contributed by atoms with Crippen molar-refractivity contribution < 1.29 is 21.6 Å². The number of rotatable bonds is 4. The molecule has 9 heteroatoms. The fraction of sp³-hybridized carbons (Fsp3) is 0.389. The molecule has 1 atom stereocenters. The molecule has 1 fully saturated rings. The van der Waals surface area contributed by atoms with E-state index in [-0.39, 0.29) is 10.9 Å². The Bertz CT molecular complexity index is 928. The van der Waals surface area contributed by atoms with Crippen LogP contribution in [-0.2, 0) is 16.2 Å². The van der Waals surface area contributed by atoms with E-state index in [1.165, 1.54) is 6.07 Å². The number of alkyl halides is 3. The molecule has 1 aromatic heterocycles. The maximum Gasteiger partial charge on any atom is 0.417 e. The third-order valence-electron chi connectivity index (χ3n) is 4.70. The Morgan fingerprint density at radius 1 is 1.15 bits per heavy atom.